The molecule has 1 fully saturated rings. The highest BCUT2D eigenvalue weighted by molar-refractivity contribution is 6.29. The van der Waals surface area contributed by atoms with E-state index in [2.05, 4.69) is 10.3 Å². The van der Waals surface area contributed by atoms with Crippen molar-refractivity contribution in [2.24, 2.45) is 5.92 Å². The van der Waals surface area contributed by atoms with Crippen molar-refractivity contribution in [1.29, 1.82) is 0 Å². The predicted molar refractivity (Wildman–Crippen MR) is 68.0 cm³/mol. The Morgan fingerprint density at radius 1 is 1.50 bits per heavy atom. The molecule has 18 heavy (non-hydrogen) atoms. The van der Waals surface area contributed by atoms with Gasteiger partial charge in [-0.25, -0.2) is 9.78 Å². The minimum Gasteiger partial charge on any atom is -0.478 e. The average molecular weight is 271 g/mol. The summed E-state index contributed by atoms with van der Waals surface area (Å²) >= 11 is 5.78. The van der Waals surface area contributed by atoms with E-state index in [9.17, 15) is 9.90 Å². The fourth-order valence-corrected chi connectivity index (χ4v) is 2.49. The second kappa shape index (κ2) is 5.54. The van der Waals surface area contributed by atoms with Crippen LogP contribution in [-0.2, 0) is 0 Å². The van der Waals surface area contributed by atoms with Crippen molar-refractivity contribution in [3.05, 3.63) is 22.8 Å². The molecule has 3 N–H and O–H groups in total. The molecule has 1 aromatic rings. The SMILES string of the molecule is O=C(O)c1ccc(Cl)nc1NC1CCCC1CO. The average Bonchev–Trinajstić information content (AvgIpc) is 2.76. The molecule has 0 radical (unpaired) electrons. The Morgan fingerprint density at radius 2 is 2.28 bits per heavy atom. The number of hydrogen-bond acceptors (Lipinski definition) is 4. The second-order valence-electron chi connectivity index (χ2n) is 4.46. The van der Waals surface area contributed by atoms with Gasteiger partial charge in [-0.05, 0) is 25.0 Å². The minimum absolute atomic E-state index is 0.0547. The van der Waals surface area contributed by atoms with Crippen LogP contribution in [0.15, 0.2) is 12.1 Å². The highest BCUT2D eigenvalue weighted by Gasteiger charge is 2.28. The molecule has 0 aliphatic heterocycles. The number of carbonyl (C=O) groups is 1. The van der Waals surface area contributed by atoms with Gasteiger partial charge in [0.25, 0.3) is 0 Å². The molecule has 1 saturated carbocycles. The van der Waals surface area contributed by atoms with E-state index in [0.29, 0.717) is 0 Å². The molecule has 6 heteroatoms. The smallest absolute Gasteiger partial charge is 0.339 e. The van der Waals surface area contributed by atoms with Gasteiger partial charge >= 0.3 is 5.97 Å². The molecule has 2 rings (SSSR count). The fourth-order valence-electron chi connectivity index (χ4n) is 2.34. The van der Waals surface area contributed by atoms with Gasteiger partial charge in [-0.1, -0.05) is 18.0 Å². The third-order valence-electron chi connectivity index (χ3n) is 3.31. The molecule has 0 bridgehead atoms. The van der Waals surface area contributed by atoms with Crippen LogP contribution in [0, 0.1) is 5.92 Å². The number of anilines is 1. The molecule has 0 spiro atoms. The third kappa shape index (κ3) is 2.73. The second-order valence-corrected chi connectivity index (χ2v) is 4.85. The maximum Gasteiger partial charge on any atom is 0.339 e. The highest BCUT2D eigenvalue weighted by Crippen LogP contribution is 2.29. The summed E-state index contributed by atoms with van der Waals surface area (Å²) in [5.74, 6) is -0.618. The first-order chi connectivity index (χ1) is 8.61. The quantitative estimate of drug-likeness (QED) is 0.729. The van der Waals surface area contributed by atoms with Crippen LogP contribution < -0.4 is 5.32 Å². The van der Waals surface area contributed by atoms with E-state index in [1.54, 1.807) is 0 Å². The number of nitrogens with zero attached hydrogens (tertiary/aromatic N) is 1. The molecule has 0 saturated heterocycles. The van der Waals surface area contributed by atoms with Crippen LogP contribution in [-0.4, -0.2) is 33.8 Å². The lowest BCUT2D eigenvalue weighted by molar-refractivity contribution is 0.0697. The van der Waals surface area contributed by atoms with Crippen molar-refractivity contribution in [3.8, 4) is 0 Å². The van der Waals surface area contributed by atoms with Gasteiger partial charge < -0.3 is 15.5 Å². The molecule has 0 amide bonds. The van der Waals surface area contributed by atoms with Gasteiger partial charge in [0.15, 0.2) is 0 Å². The van der Waals surface area contributed by atoms with Crippen molar-refractivity contribution in [2.45, 2.75) is 25.3 Å². The number of aliphatic hydroxyl groups is 1. The van der Waals surface area contributed by atoms with Crippen LogP contribution in [0.1, 0.15) is 29.6 Å². The Morgan fingerprint density at radius 3 is 2.94 bits per heavy atom. The maximum absolute atomic E-state index is 11.1. The van der Waals surface area contributed by atoms with Crippen molar-refractivity contribution in [2.75, 3.05) is 11.9 Å². The van der Waals surface area contributed by atoms with Gasteiger partial charge in [0.05, 0.1) is 0 Å². The van der Waals surface area contributed by atoms with Crippen molar-refractivity contribution in [3.63, 3.8) is 0 Å². The Balaban J connectivity index is 2.22. The number of aliphatic hydroxyl groups excluding tert-OH is 1. The van der Waals surface area contributed by atoms with Crippen LogP contribution >= 0.6 is 11.6 Å². The Bertz CT molecular complexity index is 453. The summed E-state index contributed by atoms with van der Waals surface area (Å²) in [6, 6.07) is 2.94. The van der Waals surface area contributed by atoms with Gasteiger partial charge in [-0.3, -0.25) is 0 Å². The first kappa shape index (κ1) is 13.1. The van der Waals surface area contributed by atoms with Crippen LogP contribution in [0.2, 0.25) is 5.15 Å². The van der Waals surface area contributed by atoms with Crippen LogP contribution in [0.25, 0.3) is 0 Å². The number of hydrogen-bond donors (Lipinski definition) is 3. The largest absolute Gasteiger partial charge is 0.478 e. The minimum atomic E-state index is -1.04. The normalized spacial score (nSPS) is 23.0. The summed E-state index contributed by atoms with van der Waals surface area (Å²) in [5.41, 5.74) is 0.1000. The summed E-state index contributed by atoms with van der Waals surface area (Å²) in [5, 5.41) is 21.7. The van der Waals surface area contributed by atoms with Gasteiger partial charge in [0, 0.05) is 18.6 Å². The molecule has 2 unspecified atom stereocenters. The maximum atomic E-state index is 11.1. The Kier molecular flexibility index (Phi) is 4.04. The zero-order valence-corrected chi connectivity index (χ0v) is 10.5. The molecule has 2 atom stereocenters. The number of rotatable bonds is 4. The molecule has 0 aromatic carbocycles. The number of aromatic nitrogens is 1. The summed E-state index contributed by atoms with van der Waals surface area (Å²) in [6.07, 6.45) is 2.86. The third-order valence-corrected chi connectivity index (χ3v) is 3.52. The number of carboxylic acid groups (broad SMARTS) is 1. The van der Waals surface area contributed by atoms with E-state index < -0.39 is 5.97 Å². The fraction of sp³-hybridized carbons (Fsp3) is 0.500. The van der Waals surface area contributed by atoms with Gasteiger partial charge in [0.1, 0.15) is 16.5 Å². The zero-order valence-electron chi connectivity index (χ0n) is 9.77. The van der Waals surface area contributed by atoms with E-state index in [1.165, 1.54) is 12.1 Å². The monoisotopic (exact) mass is 270 g/mol. The molecule has 1 aromatic heterocycles. The summed E-state index contributed by atoms with van der Waals surface area (Å²) in [4.78, 5) is 15.1. The zero-order chi connectivity index (χ0) is 13.1. The van der Waals surface area contributed by atoms with Crippen molar-refractivity contribution in [1.82, 2.24) is 4.98 Å². The Hall–Kier alpha value is -1.33. The molecule has 5 nitrogen and oxygen atoms in total. The Labute approximate surface area is 110 Å². The number of pyridine rings is 1. The van der Waals surface area contributed by atoms with E-state index >= 15 is 0 Å². The number of halogens is 1. The van der Waals surface area contributed by atoms with Gasteiger partial charge in [0.2, 0.25) is 0 Å². The molecular weight excluding hydrogens is 256 g/mol. The number of nitrogens with one attached hydrogen (secondary N) is 1. The standard InChI is InChI=1S/C12H15ClN2O3/c13-10-5-4-8(12(17)18)11(15-10)14-9-3-1-2-7(9)6-16/h4-5,7,9,16H,1-3,6H2,(H,14,15)(H,17,18). The molecule has 1 heterocycles. The number of carboxylic acids is 1. The molecule has 1 aliphatic rings. The lowest BCUT2D eigenvalue weighted by Crippen LogP contribution is -2.27. The van der Waals surface area contributed by atoms with Gasteiger partial charge in [-0.15, -0.1) is 0 Å². The highest BCUT2D eigenvalue weighted by atomic mass is 35.5. The van der Waals surface area contributed by atoms with E-state index in [0.717, 1.165) is 19.3 Å². The number of aromatic carboxylic acids is 1. The summed E-state index contributed by atoms with van der Waals surface area (Å²) < 4.78 is 0. The predicted octanol–water partition coefficient (Wildman–Crippen LogP) is 2.01. The lowest BCUT2D eigenvalue weighted by atomic mass is 10.0. The molecule has 1 aliphatic carbocycles. The first-order valence-electron chi connectivity index (χ1n) is 5.89. The summed E-state index contributed by atoms with van der Waals surface area (Å²) in [7, 11) is 0. The van der Waals surface area contributed by atoms with E-state index in [-0.39, 0.29) is 35.1 Å². The van der Waals surface area contributed by atoms with Crippen LogP contribution in [0.3, 0.4) is 0 Å². The van der Waals surface area contributed by atoms with Crippen molar-refractivity contribution < 1.29 is 15.0 Å². The topological polar surface area (TPSA) is 82.5 Å². The molecule has 98 valence electrons. The van der Waals surface area contributed by atoms with E-state index in [1.807, 2.05) is 0 Å². The molecular formula is C12H15ClN2O3. The van der Waals surface area contributed by atoms with Crippen molar-refractivity contribution >= 4 is 23.4 Å². The van der Waals surface area contributed by atoms with E-state index in [4.69, 9.17) is 16.7 Å². The first-order valence-corrected chi connectivity index (χ1v) is 6.27. The summed E-state index contributed by atoms with van der Waals surface area (Å²) in [6.45, 7) is 0.0979. The lowest BCUT2D eigenvalue weighted by Gasteiger charge is -2.20. The van der Waals surface area contributed by atoms with Gasteiger partial charge in [-0.2, -0.15) is 0 Å². The van der Waals surface area contributed by atoms with Crippen LogP contribution in [0.5, 0.6) is 0 Å². The van der Waals surface area contributed by atoms with Crippen LogP contribution in [0.4, 0.5) is 5.82 Å².